The zero-order valence-electron chi connectivity index (χ0n) is 22.1. The zero-order chi connectivity index (χ0) is 27.6. The van der Waals surface area contributed by atoms with Crippen molar-refractivity contribution in [1.29, 1.82) is 5.26 Å². The van der Waals surface area contributed by atoms with Gasteiger partial charge in [0.25, 0.3) is 5.89 Å². The Morgan fingerprint density at radius 3 is 2.66 bits per heavy atom. The van der Waals surface area contributed by atoms with Crippen LogP contribution >= 0.6 is 0 Å². The number of benzene rings is 2. The Labute approximate surface area is 221 Å². The van der Waals surface area contributed by atoms with E-state index in [9.17, 15) is 20.0 Å². The lowest BCUT2D eigenvalue weighted by Crippen LogP contribution is -2.55. The van der Waals surface area contributed by atoms with Crippen molar-refractivity contribution in [1.82, 2.24) is 20.4 Å². The van der Waals surface area contributed by atoms with E-state index in [1.165, 1.54) is 0 Å². The van der Waals surface area contributed by atoms with Crippen molar-refractivity contribution in [3.63, 3.8) is 0 Å². The first-order valence-corrected chi connectivity index (χ1v) is 12.4. The number of nitrogens with one attached hydrogen (secondary N) is 1. The van der Waals surface area contributed by atoms with Crippen LogP contribution in [0.1, 0.15) is 51.3 Å². The van der Waals surface area contributed by atoms with Gasteiger partial charge >= 0.3 is 6.09 Å². The summed E-state index contributed by atoms with van der Waals surface area (Å²) in [5.41, 5.74) is 3.17. The van der Waals surface area contributed by atoms with Crippen molar-refractivity contribution < 1.29 is 24.0 Å². The number of amides is 2. The van der Waals surface area contributed by atoms with Crippen LogP contribution in [-0.2, 0) is 17.8 Å². The summed E-state index contributed by atoms with van der Waals surface area (Å²) >= 11 is 0. The Hall–Kier alpha value is -4.39. The van der Waals surface area contributed by atoms with Crippen molar-refractivity contribution in [3.05, 3.63) is 53.1 Å². The number of carbonyl (C=O) groups is 2. The van der Waals surface area contributed by atoms with Crippen LogP contribution in [0.15, 0.2) is 40.9 Å². The van der Waals surface area contributed by atoms with E-state index in [0.717, 1.165) is 16.7 Å². The molecule has 4 rings (SSSR count). The lowest BCUT2D eigenvalue weighted by molar-refractivity contribution is -0.136. The maximum atomic E-state index is 13.3. The molecule has 10 nitrogen and oxygen atoms in total. The molecule has 198 valence electrons. The van der Waals surface area contributed by atoms with Crippen molar-refractivity contribution in [3.8, 4) is 34.7 Å². The van der Waals surface area contributed by atoms with Crippen LogP contribution in [0.2, 0.25) is 0 Å². The second-order valence-electron chi connectivity index (χ2n) is 10.6. The summed E-state index contributed by atoms with van der Waals surface area (Å²) in [5.74, 6) is 0.939. The maximum Gasteiger partial charge on any atom is 0.405 e. The summed E-state index contributed by atoms with van der Waals surface area (Å²) in [6.07, 6.45) is -0.730. The first kappa shape index (κ1) is 26.7. The molecule has 0 bridgehead atoms. The lowest BCUT2D eigenvalue weighted by Gasteiger charge is -2.36. The third kappa shape index (κ3) is 5.62. The summed E-state index contributed by atoms with van der Waals surface area (Å²) in [6, 6.07) is 12.2. The average molecular weight is 518 g/mol. The molecule has 0 spiro atoms. The van der Waals surface area contributed by atoms with Crippen LogP contribution in [0.25, 0.3) is 22.8 Å². The van der Waals surface area contributed by atoms with E-state index in [-0.39, 0.29) is 17.9 Å². The van der Waals surface area contributed by atoms with E-state index in [4.69, 9.17) is 9.26 Å². The Balaban J connectivity index is 1.58. The van der Waals surface area contributed by atoms with Crippen LogP contribution in [0.4, 0.5) is 4.79 Å². The van der Waals surface area contributed by atoms with Gasteiger partial charge in [0.05, 0.1) is 11.7 Å². The highest BCUT2D eigenvalue weighted by molar-refractivity contribution is 5.86. The number of aromatic nitrogens is 2. The number of nitriles is 1. The van der Waals surface area contributed by atoms with Crippen molar-refractivity contribution in [2.24, 2.45) is 5.41 Å². The van der Waals surface area contributed by atoms with Gasteiger partial charge in [-0.15, -0.1) is 0 Å². The van der Waals surface area contributed by atoms with Gasteiger partial charge in [0.15, 0.2) is 0 Å². The van der Waals surface area contributed by atoms with Gasteiger partial charge in [-0.25, -0.2) is 4.79 Å². The number of hydrogen-bond acceptors (Lipinski definition) is 7. The Morgan fingerprint density at radius 1 is 1.24 bits per heavy atom. The lowest BCUT2D eigenvalue weighted by atomic mass is 9.85. The quantitative estimate of drug-likeness (QED) is 0.482. The van der Waals surface area contributed by atoms with Gasteiger partial charge in [-0.05, 0) is 55.0 Å². The molecule has 2 heterocycles. The second-order valence-corrected chi connectivity index (χ2v) is 10.6. The molecule has 3 aromatic rings. The fourth-order valence-electron chi connectivity index (χ4n) is 4.52. The SMILES string of the molecule is CC(C)Oc1ccc(-c2nc(-c3cccc4c3CCN(C(=O)C(NC(=O)O)C(C)(C)C)C4)no2)cc1C#N. The predicted octanol–water partition coefficient (Wildman–Crippen LogP) is 4.63. The molecule has 0 aliphatic carbocycles. The normalized spacial score (nSPS) is 14.0. The minimum atomic E-state index is -1.23. The van der Waals surface area contributed by atoms with Crippen molar-refractivity contribution in [2.45, 2.75) is 59.7 Å². The van der Waals surface area contributed by atoms with E-state index in [1.807, 2.05) is 52.8 Å². The van der Waals surface area contributed by atoms with Crippen LogP contribution in [0, 0.1) is 16.7 Å². The molecule has 0 saturated carbocycles. The van der Waals surface area contributed by atoms with Crippen LogP contribution in [-0.4, -0.2) is 50.8 Å². The van der Waals surface area contributed by atoms with Crippen molar-refractivity contribution in [2.75, 3.05) is 6.54 Å². The van der Waals surface area contributed by atoms with Crippen LogP contribution < -0.4 is 10.1 Å². The van der Waals surface area contributed by atoms with E-state index in [2.05, 4.69) is 21.5 Å². The number of rotatable bonds is 6. The number of carbonyl (C=O) groups excluding carboxylic acids is 1. The number of carboxylic acid groups (broad SMARTS) is 1. The van der Waals surface area contributed by atoms with Crippen molar-refractivity contribution >= 4 is 12.0 Å². The van der Waals surface area contributed by atoms with Gasteiger partial charge < -0.3 is 24.6 Å². The summed E-state index contributed by atoms with van der Waals surface area (Å²) in [4.78, 5) is 30.9. The minimum Gasteiger partial charge on any atom is -0.490 e. The van der Waals surface area contributed by atoms with Gasteiger partial charge in [-0.3, -0.25) is 4.79 Å². The molecular formula is C28H31N5O5. The number of ether oxygens (including phenoxy) is 1. The largest absolute Gasteiger partial charge is 0.490 e. The predicted molar refractivity (Wildman–Crippen MR) is 139 cm³/mol. The molecule has 1 unspecified atom stereocenters. The average Bonchev–Trinajstić information content (AvgIpc) is 3.35. The van der Waals surface area contributed by atoms with E-state index in [1.54, 1.807) is 23.1 Å². The standard InChI is InChI=1S/C28H31N5O5/c1-16(2)37-22-10-9-17(13-19(22)14-29)25-31-24(32-38-25)21-8-6-7-18-15-33(12-11-20(18)21)26(34)23(28(3,4)5)30-27(35)36/h6-10,13,16,23,30H,11-12,15H2,1-5H3,(H,35,36). The molecule has 0 saturated heterocycles. The molecule has 38 heavy (non-hydrogen) atoms. The van der Waals surface area contributed by atoms with E-state index < -0.39 is 17.6 Å². The van der Waals surface area contributed by atoms with Gasteiger partial charge in [0, 0.05) is 24.2 Å². The molecular weight excluding hydrogens is 486 g/mol. The summed E-state index contributed by atoms with van der Waals surface area (Å²) in [5, 5.41) is 25.4. The summed E-state index contributed by atoms with van der Waals surface area (Å²) < 4.78 is 11.2. The molecule has 0 radical (unpaired) electrons. The fourth-order valence-corrected chi connectivity index (χ4v) is 4.52. The first-order chi connectivity index (χ1) is 18.0. The van der Waals surface area contributed by atoms with Crippen LogP contribution in [0.3, 0.4) is 0 Å². The molecule has 1 atom stereocenters. The zero-order valence-corrected chi connectivity index (χ0v) is 22.1. The van der Waals surface area contributed by atoms with Crippen LogP contribution in [0.5, 0.6) is 5.75 Å². The highest BCUT2D eigenvalue weighted by Gasteiger charge is 2.37. The first-order valence-electron chi connectivity index (χ1n) is 12.4. The summed E-state index contributed by atoms with van der Waals surface area (Å²) in [6.45, 7) is 10.1. The molecule has 2 N–H and O–H groups in total. The van der Waals surface area contributed by atoms with E-state index in [0.29, 0.717) is 42.2 Å². The molecule has 2 aromatic carbocycles. The third-order valence-corrected chi connectivity index (χ3v) is 6.33. The molecule has 10 heteroatoms. The van der Waals surface area contributed by atoms with Gasteiger partial charge in [-0.2, -0.15) is 10.2 Å². The monoisotopic (exact) mass is 517 g/mol. The highest BCUT2D eigenvalue weighted by atomic mass is 16.5. The minimum absolute atomic E-state index is 0.0637. The highest BCUT2D eigenvalue weighted by Crippen LogP contribution is 2.32. The molecule has 1 aromatic heterocycles. The number of nitrogens with zero attached hydrogens (tertiary/aromatic N) is 4. The molecule has 0 fully saturated rings. The van der Waals surface area contributed by atoms with Gasteiger partial charge in [0.2, 0.25) is 11.7 Å². The molecule has 2 amide bonds. The Bertz CT molecular complexity index is 1400. The second kappa shape index (κ2) is 10.5. The number of fused-ring (bicyclic) bond motifs is 1. The van der Waals surface area contributed by atoms with Gasteiger partial charge in [-0.1, -0.05) is 44.1 Å². The maximum absolute atomic E-state index is 13.3. The van der Waals surface area contributed by atoms with Gasteiger partial charge in [0.1, 0.15) is 17.9 Å². The smallest absolute Gasteiger partial charge is 0.405 e. The Morgan fingerprint density at radius 2 is 2.00 bits per heavy atom. The summed E-state index contributed by atoms with van der Waals surface area (Å²) in [7, 11) is 0. The molecule has 1 aliphatic heterocycles. The Kier molecular flexibility index (Phi) is 7.39. The topological polar surface area (TPSA) is 142 Å². The molecule has 1 aliphatic rings. The fraction of sp³-hybridized carbons (Fsp3) is 0.393. The third-order valence-electron chi connectivity index (χ3n) is 6.33. The number of hydrogen-bond donors (Lipinski definition) is 2. The van der Waals surface area contributed by atoms with E-state index >= 15 is 0 Å².